The SMILES string of the molecule is CNCC1(c2ccc(F)cc2)CCNC(=O)C1. The monoisotopic (exact) mass is 236 g/mol. The minimum atomic E-state index is -0.242. The molecule has 0 bridgehead atoms. The van der Waals surface area contributed by atoms with Crippen molar-refractivity contribution in [2.75, 3.05) is 20.1 Å². The average molecular weight is 236 g/mol. The van der Waals surface area contributed by atoms with E-state index in [1.807, 2.05) is 7.05 Å². The van der Waals surface area contributed by atoms with Crippen LogP contribution >= 0.6 is 0 Å². The molecule has 0 spiro atoms. The molecule has 3 nitrogen and oxygen atoms in total. The molecule has 1 aromatic carbocycles. The molecule has 2 N–H and O–H groups in total. The van der Waals surface area contributed by atoms with E-state index in [1.165, 1.54) is 12.1 Å². The summed E-state index contributed by atoms with van der Waals surface area (Å²) in [5.74, 6) is -0.176. The molecule has 0 radical (unpaired) electrons. The predicted octanol–water partition coefficient (Wildman–Crippen LogP) is 1.19. The van der Waals surface area contributed by atoms with E-state index in [1.54, 1.807) is 12.1 Å². The first-order valence-electron chi connectivity index (χ1n) is 5.84. The van der Waals surface area contributed by atoms with Gasteiger partial charge in [0.15, 0.2) is 0 Å². The Bertz CT molecular complexity index is 400. The molecular formula is C13H17FN2O. The maximum Gasteiger partial charge on any atom is 0.220 e. The summed E-state index contributed by atoms with van der Waals surface area (Å²) in [6.07, 6.45) is 1.34. The second-order valence-electron chi connectivity index (χ2n) is 4.59. The lowest BCUT2D eigenvalue weighted by atomic mass is 9.73. The third kappa shape index (κ3) is 2.47. The van der Waals surface area contributed by atoms with Crippen LogP contribution in [0.1, 0.15) is 18.4 Å². The number of halogens is 1. The number of benzene rings is 1. The summed E-state index contributed by atoms with van der Waals surface area (Å²) in [4.78, 5) is 11.6. The van der Waals surface area contributed by atoms with E-state index in [9.17, 15) is 9.18 Å². The summed E-state index contributed by atoms with van der Waals surface area (Å²) < 4.78 is 12.9. The number of carbonyl (C=O) groups is 1. The van der Waals surface area contributed by atoms with Crippen molar-refractivity contribution in [3.05, 3.63) is 35.6 Å². The van der Waals surface area contributed by atoms with Gasteiger partial charge < -0.3 is 10.6 Å². The van der Waals surface area contributed by atoms with E-state index in [0.29, 0.717) is 13.0 Å². The van der Waals surface area contributed by atoms with Crippen molar-refractivity contribution in [1.82, 2.24) is 10.6 Å². The van der Waals surface area contributed by atoms with E-state index in [2.05, 4.69) is 10.6 Å². The molecule has 1 amide bonds. The van der Waals surface area contributed by atoms with Crippen molar-refractivity contribution in [2.24, 2.45) is 0 Å². The highest BCUT2D eigenvalue weighted by Crippen LogP contribution is 2.33. The van der Waals surface area contributed by atoms with Gasteiger partial charge in [-0.1, -0.05) is 12.1 Å². The van der Waals surface area contributed by atoms with Gasteiger partial charge in [-0.2, -0.15) is 0 Å². The minimum Gasteiger partial charge on any atom is -0.356 e. The van der Waals surface area contributed by atoms with Crippen molar-refractivity contribution in [3.63, 3.8) is 0 Å². The molecular weight excluding hydrogens is 219 g/mol. The molecule has 1 fully saturated rings. The van der Waals surface area contributed by atoms with Crippen LogP contribution in [0.3, 0.4) is 0 Å². The first-order chi connectivity index (χ1) is 8.16. The Labute approximate surface area is 100 Å². The first-order valence-corrected chi connectivity index (χ1v) is 5.84. The lowest BCUT2D eigenvalue weighted by Gasteiger charge is -2.37. The van der Waals surface area contributed by atoms with Crippen LogP contribution in [0.4, 0.5) is 4.39 Å². The average Bonchev–Trinajstić information content (AvgIpc) is 2.30. The Morgan fingerprint density at radius 2 is 2.12 bits per heavy atom. The van der Waals surface area contributed by atoms with Gasteiger partial charge in [0.1, 0.15) is 5.82 Å². The number of piperidine rings is 1. The molecule has 17 heavy (non-hydrogen) atoms. The molecule has 1 aliphatic heterocycles. The maximum atomic E-state index is 12.9. The molecule has 92 valence electrons. The minimum absolute atomic E-state index is 0.0656. The van der Waals surface area contributed by atoms with Crippen LogP contribution in [0, 0.1) is 5.82 Å². The Balaban J connectivity index is 2.32. The Morgan fingerprint density at radius 3 is 2.71 bits per heavy atom. The van der Waals surface area contributed by atoms with Gasteiger partial charge in [0.2, 0.25) is 5.91 Å². The van der Waals surface area contributed by atoms with Crippen molar-refractivity contribution in [3.8, 4) is 0 Å². The molecule has 0 aliphatic carbocycles. The van der Waals surface area contributed by atoms with Gasteiger partial charge in [-0.3, -0.25) is 4.79 Å². The molecule has 2 rings (SSSR count). The van der Waals surface area contributed by atoms with Gasteiger partial charge in [-0.15, -0.1) is 0 Å². The highest BCUT2D eigenvalue weighted by molar-refractivity contribution is 5.78. The van der Waals surface area contributed by atoms with Crippen LogP contribution < -0.4 is 10.6 Å². The summed E-state index contributed by atoms with van der Waals surface area (Å²) in [5.41, 5.74) is 0.827. The fraction of sp³-hybridized carbons (Fsp3) is 0.462. The lowest BCUT2D eigenvalue weighted by Crippen LogP contribution is -2.48. The van der Waals surface area contributed by atoms with Crippen LogP contribution in [-0.4, -0.2) is 26.0 Å². The van der Waals surface area contributed by atoms with E-state index in [4.69, 9.17) is 0 Å². The zero-order valence-corrected chi connectivity index (χ0v) is 9.92. The quantitative estimate of drug-likeness (QED) is 0.827. The number of nitrogens with one attached hydrogen (secondary N) is 2. The smallest absolute Gasteiger partial charge is 0.220 e. The Morgan fingerprint density at radius 1 is 1.41 bits per heavy atom. The molecule has 1 aliphatic rings. The zero-order chi connectivity index (χ0) is 12.3. The van der Waals surface area contributed by atoms with Gasteiger partial charge in [0, 0.05) is 24.9 Å². The number of rotatable bonds is 3. The van der Waals surface area contributed by atoms with Crippen molar-refractivity contribution in [1.29, 1.82) is 0 Å². The summed E-state index contributed by atoms with van der Waals surface area (Å²) in [6.45, 7) is 1.41. The highest BCUT2D eigenvalue weighted by atomic mass is 19.1. The number of likely N-dealkylation sites (N-methyl/N-ethyl adjacent to an activating group) is 1. The van der Waals surface area contributed by atoms with Crippen molar-refractivity contribution >= 4 is 5.91 Å². The number of hydrogen-bond donors (Lipinski definition) is 2. The van der Waals surface area contributed by atoms with Crippen molar-refractivity contribution in [2.45, 2.75) is 18.3 Å². The van der Waals surface area contributed by atoms with Crippen molar-refractivity contribution < 1.29 is 9.18 Å². The van der Waals surface area contributed by atoms with Crippen LogP contribution in [0.25, 0.3) is 0 Å². The number of hydrogen-bond acceptors (Lipinski definition) is 2. The fourth-order valence-corrected chi connectivity index (χ4v) is 2.54. The van der Waals surface area contributed by atoms with Crippen LogP contribution in [0.2, 0.25) is 0 Å². The second kappa shape index (κ2) is 4.84. The third-order valence-corrected chi connectivity index (χ3v) is 3.40. The molecule has 1 atom stereocenters. The zero-order valence-electron chi connectivity index (χ0n) is 9.92. The third-order valence-electron chi connectivity index (χ3n) is 3.40. The van der Waals surface area contributed by atoms with E-state index < -0.39 is 0 Å². The number of amides is 1. The van der Waals surface area contributed by atoms with E-state index in [-0.39, 0.29) is 17.1 Å². The molecule has 0 saturated carbocycles. The second-order valence-corrected chi connectivity index (χ2v) is 4.59. The summed E-state index contributed by atoms with van der Waals surface area (Å²) >= 11 is 0. The fourth-order valence-electron chi connectivity index (χ4n) is 2.54. The van der Waals surface area contributed by atoms with Gasteiger partial charge in [0.25, 0.3) is 0 Å². The summed E-state index contributed by atoms with van der Waals surface area (Å²) in [5, 5.41) is 5.97. The standard InChI is InChI=1S/C13H17FN2O/c1-15-9-13(6-7-16-12(17)8-13)10-2-4-11(14)5-3-10/h2-5,15H,6-9H2,1H3,(H,16,17). The molecule has 1 heterocycles. The Hall–Kier alpha value is -1.42. The molecule has 1 saturated heterocycles. The van der Waals surface area contributed by atoms with Gasteiger partial charge in [-0.05, 0) is 31.2 Å². The van der Waals surface area contributed by atoms with Gasteiger partial charge in [-0.25, -0.2) is 4.39 Å². The van der Waals surface area contributed by atoms with E-state index in [0.717, 1.165) is 18.5 Å². The van der Waals surface area contributed by atoms with Gasteiger partial charge >= 0.3 is 0 Å². The predicted molar refractivity (Wildman–Crippen MR) is 64.2 cm³/mol. The Kier molecular flexibility index (Phi) is 3.43. The van der Waals surface area contributed by atoms with Crippen LogP contribution in [0.5, 0.6) is 0 Å². The normalized spacial score (nSPS) is 24.5. The largest absolute Gasteiger partial charge is 0.356 e. The summed E-state index contributed by atoms with van der Waals surface area (Å²) in [6, 6.07) is 6.48. The maximum absolute atomic E-state index is 12.9. The highest BCUT2D eigenvalue weighted by Gasteiger charge is 2.36. The first kappa shape index (κ1) is 12.0. The van der Waals surface area contributed by atoms with Gasteiger partial charge in [0.05, 0.1) is 0 Å². The molecule has 0 aromatic heterocycles. The summed E-state index contributed by atoms with van der Waals surface area (Å²) in [7, 11) is 1.87. The lowest BCUT2D eigenvalue weighted by molar-refractivity contribution is -0.124. The van der Waals surface area contributed by atoms with Crippen LogP contribution in [-0.2, 0) is 10.2 Å². The number of carbonyl (C=O) groups excluding carboxylic acids is 1. The van der Waals surface area contributed by atoms with Crippen LogP contribution in [0.15, 0.2) is 24.3 Å². The molecule has 1 aromatic rings. The topological polar surface area (TPSA) is 41.1 Å². The molecule has 1 unspecified atom stereocenters. The van der Waals surface area contributed by atoms with E-state index >= 15 is 0 Å². The molecule has 4 heteroatoms.